The molecule has 0 aliphatic carbocycles. The Labute approximate surface area is 225 Å². The van der Waals surface area contributed by atoms with E-state index in [4.69, 9.17) is 28.6 Å². The van der Waals surface area contributed by atoms with Crippen LogP contribution in [0.15, 0.2) is 103 Å². The third-order valence-corrected chi connectivity index (χ3v) is 7.01. The van der Waals surface area contributed by atoms with Gasteiger partial charge in [0.1, 0.15) is 11.6 Å². The van der Waals surface area contributed by atoms with E-state index in [0.29, 0.717) is 16.4 Å². The van der Waals surface area contributed by atoms with Crippen molar-refractivity contribution in [2.24, 2.45) is 0 Å². The number of benzene rings is 4. The molecule has 0 saturated heterocycles. The lowest BCUT2D eigenvalue weighted by Crippen LogP contribution is -2.21. The minimum Gasteiger partial charge on any atom is -0.496 e. The maximum atomic E-state index is 14.0. The van der Waals surface area contributed by atoms with Crippen LogP contribution in [-0.4, -0.2) is 17.1 Å². The lowest BCUT2D eigenvalue weighted by molar-refractivity contribution is 0.409. The molecule has 0 spiro atoms. The van der Waals surface area contributed by atoms with Crippen molar-refractivity contribution >= 4 is 45.4 Å². The lowest BCUT2D eigenvalue weighted by atomic mass is 9.89. The Hall–Kier alpha value is -3.80. The first-order valence-corrected chi connectivity index (χ1v) is 12.6. The lowest BCUT2D eigenvalue weighted by Gasteiger charge is -2.22. The second kappa shape index (κ2) is 11.1. The molecule has 184 valence electrons. The Morgan fingerprint density at radius 1 is 0.973 bits per heavy atom. The maximum Gasteiger partial charge on any atom is 0.123 e. The van der Waals surface area contributed by atoms with Crippen molar-refractivity contribution in [1.82, 2.24) is 4.98 Å². The van der Waals surface area contributed by atoms with Gasteiger partial charge in [-0.05, 0) is 83.3 Å². The van der Waals surface area contributed by atoms with Crippen LogP contribution >= 0.6 is 23.8 Å². The van der Waals surface area contributed by atoms with E-state index in [1.54, 1.807) is 19.4 Å². The van der Waals surface area contributed by atoms with E-state index in [9.17, 15) is 4.39 Å². The zero-order valence-electron chi connectivity index (χ0n) is 20.1. The highest BCUT2D eigenvalue weighted by Gasteiger charge is 2.20. The highest BCUT2D eigenvalue weighted by Crippen LogP contribution is 2.32. The average molecular weight is 527 g/mol. The van der Waals surface area contributed by atoms with E-state index in [1.165, 1.54) is 12.1 Å². The topological polar surface area (TPSA) is 34.1 Å². The van der Waals surface area contributed by atoms with Crippen molar-refractivity contribution < 1.29 is 9.13 Å². The van der Waals surface area contributed by atoms with Gasteiger partial charge in [-0.25, -0.2) is 4.39 Å². The van der Waals surface area contributed by atoms with E-state index in [-0.39, 0.29) is 11.7 Å². The minimum absolute atomic E-state index is 0.109. The molecule has 3 nitrogen and oxygen atoms in total. The summed E-state index contributed by atoms with van der Waals surface area (Å²) in [4.78, 5) is 5.07. The molecule has 0 aliphatic heterocycles. The molecule has 0 unspecified atom stereocenters. The fraction of sp³-hybridized carbons (Fsp3) is 0.0968. The molecule has 0 saturated carbocycles. The van der Waals surface area contributed by atoms with Crippen LogP contribution in [0.4, 0.5) is 10.1 Å². The number of nitrogens with one attached hydrogen (secondary N) is 1. The van der Waals surface area contributed by atoms with Gasteiger partial charge < -0.3 is 10.1 Å². The average Bonchev–Trinajstić information content (AvgIpc) is 2.93. The van der Waals surface area contributed by atoms with Crippen LogP contribution < -0.4 is 10.1 Å². The van der Waals surface area contributed by atoms with Crippen molar-refractivity contribution in [1.29, 1.82) is 0 Å². The van der Waals surface area contributed by atoms with Gasteiger partial charge in [0.05, 0.1) is 17.6 Å². The smallest absolute Gasteiger partial charge is 0.123 e. The van der Waals surface area contributed by atoms with Crippen molar-refractivity contribution in [3.05, 3.63) is 125 Å². The molecule has 0 amide bonds. The molecule has 1 heterocycles. The van der Waals surface area contributed by atoms with Crippen LogP contribution in [0, 0.1) is 5.82 Å². The zero-order valence-corrected chi connectivity index (χ0v) is 21.7. The highest BCUT2D eigenvalue weighted by atomic mass is 35.5. The molecule has 5 rings (SSSR count). The molecular formula is C31H24ClFN2OS. The Morgan fingerprint density at radius 2 is 1.73 bits per heavy atom. The van der Waals surface area contributed by atoms with Gasteiger partial charge in [-0.3, -0.25) is 4.98 Å². The van der Waals surface area contributed by atoms with Crippen molar-refractivity contribution in [3.63, 3.8) is 0 Å². The molecule has 37 heavy (non-hydrogen) atoms. The third kappa shape index (κ3) is 5.63. The van der Waals surface area contributed by atoms with Crippen molar-refractivity contribution in [2.45, 2.75) is 12.3 Å². The Bertz CT molecular complexity index is 1550. The number of hydrogen-bond acceptors (Lipinski definition) is 3. The number of halogens is 2. The molecule has 5 aromatic rings. The first kappa shape index (κ1) is 24.9. The van der Waals surface area contributed by atoms with Crippen LogP contribution in [0.2, 0.25) is 5.02 Å². The summed E-state index contributed by atoms with van der Waals surface area (Å²) in [6.07, 6.45) is 2.41. The second-order valence-corrected chi connectivity index (χ2v) is 9.58. The molecular weight excluding hydrogens is 503 g/mol. The first-order valence-electron chi connectivity index (χ1n) is 11.8. The zero-order chi connectivity index (χ0) is 25.8. The predicted octanol–water partition coefficient (Wildman–Crippen LogP) is 8.47. The SMILES string of the molecule is COc1ccccc1C[C@@H](C(=S)Nc1ccc(Cl)cc1)c1ccc(-c2ccnc3ccc(F)cc23)cc1. The molecule has 0 bridgehead atoms. The first-order chi connectivity index (χ1) is 18.0. The summed E-state index contributed by atoms with van der Waals surface area (Å²) >= 11 is 12.0. The second-order valence-electron chi connectivity index (χ2n) is 8.71. The number of thiocarbonyl (C=S) groups is 1. The number of hydrogen-bond donors (Lipinski definition) is 1. The van der Waals surface area contributed by atoms with Gasteiger partial charge in [-0.15, -0.1) is 0 Å². The minimum atomic E-state index is -0.283. The molecule has 4 aromatic carbocycles. The summed E-state index contributed by atoms with van der Waals surface area (Å²) in [5, 5.41) is 4.83. The monoisotopic (exact) mass is 526 g/mol. The van der Waals surface area contributed by atoms with E-state index >= 15 is 0 Å². The van der Waals surface area contributed by atoms with Gasteiger partial charge in [-0.2, -0.15) is 0 Å². The normalized spacial score (nSPS) is 11.8. The Balaban J connectivity index is 1.50. The molecule has 0 radical (unpaired) electrons. The summed E-state index contributed by atoms with van der Waals surface area (Å²) in [5.41, 5.74) is 5.67. The summed E-state index contributed by atoms with van der Waals surface area (Å²) in [5.74, 6) is 0.431. The number of rotatable bonds is 7. The van der Waals surface area contributed by atoms with Crippen LogP contribution in [0.3, 0.4) is 0 Å². The standard InChI is InChI=1S/C31H24ClFN2OS/c1-36-30-5-3-2-4-22(30)18-27(31(37)35-25-13-10-23(32)11-14-25)21-8-6-20(7-9-21)26-16-17-34-29-15-12-24(33)19-28(26)29/h2-17,19,27H,18H2,1H3,(H,35,37)/t27-/m1/s1. The molecule has 1 N–H and O–H groups in total. The van der Waals surface area contributed by atoms with Crippen LogP contribution in [0.5, 0.6) is 5.75 Å². The summed E-state index contributed by atoms with van der Waals surface area (Å²) in [7, 11) is 1.68. The molecule has 1 aromatic heterocycles. The predicted molar refractivity (Wildman–Crippen MR) is 154 cm³/mol. The van der Waals surface area contributed by atoms with E-state index in [1.807, 2.05) is 48.5 Å². The number of aromatic nitrogens is 1. The molecule has 6 heteroatoms. The third-order valence-electron chi connectivity index (χ3n) is 6.37. The van der Waals surface area contributed by atoms with Crippen LogP contribution in [0.25, 0.3) is 22.0 Å². The number of fused-ring (bicyclic) bond motifs is 1. The van der Waals surface area contributed by atoms with E-state index in [2.05, 4.69) is 40.6 Å². The summed E-state index contributed by atoms with van der Waals surface area (Å²) in [6, 6.07) is 30.3. The van der Waals surface area contributed by atoms with Gasteiger partial charge in [0.2, 0.25) is 0 Å². The summed E-state index contributed by atoms with van der Waals surface area (Å²) in [6.45, 7) is 0. The van der Waals surface area contributed by atoms with Gasteiger partial charge in [0, 0.05) is 28.2 Å². The number of para-hydroxylation sites is 1. The number of methoxy groups -OCH3 is 1. The fourth-order valence-electron chi connectivity index (χ4n) is 4.48. The molecule has 1 atom stereocenters. The van der Waals surface area contributed by atoms with Crippen LogP contribution in [-0.2, 0) is 6.42 Å². The van der Waals surface area contributed by atoms with Gasteiger partial charge in [0.25, 0.3) is 0 Å². The van der Waals surface area contributed by atoms with Gasteiger partial charge in [-0.1, -0.05) is 66.3 Å². The molecule has 0 fully saturated rings. The Morgan fingerprint density at radius 3 is 2.49 bits per heavy atom. The van der Waals surface area contributed by atoms with Gasteiger partial charge >= 0.3 is 0 Å². The van der Waals surface area contributed by atoms with E-state index in [0.717, 1.165) is 44.6 Å². The maximum absolute atomic E-state index is 14.0. The largest absolute Gasteiger partial charge is 0.496 e. The molecule has 0 aliphatic rings. The number of nitrogens with zero attached hydrogens (tertiary/aromatic N) is 1. The van der Waals surface area contributed by atoms with Crippen molar-refractivity contribution in [2.75, 3.05) is 12.4 Å². The Kier molecular flexibility index (Phi) is 7.45. The number of anilines is 1. The number of pyridine rings is 1. The quantitative estimate of drug-likeness (QED) is 0.216. The van der Waals surface area contributed by atoms with Gasteiger partial charge in [0.15, 0.2) is 0 Å². The van der Waals surface area contributed by atoms with E-state index < -0.39 is 0 Å². The van der Waals surface area contributed by atoms with Crippen molar-refractivity contribution in [3.8, 4) is 16.9 Å². The summed E-state index contributed by atoms with van der Waals surface area (Å²) < 4.78 is 19.6. The number of ether oxygens (including phenoxy) is 1. The fourth-order valence-corrected chi connectivity index (χ4v) is 4.94. The van der Waals surface area contributed by atoms with Crippen LogP contribution in [0.1, 0.15) is 17.0 Å². The highest BCUT2D eigenvalue weighted by molar-refractivity contribution is 7.80.